The minimum absolute atomic E-state index is 0.0185. The number of benzene rings is 1. The smallest absolute Gasteiger partial charge is 0.245 e. The summed E-state index contributed by atoms with van der Waals surface area (Å²) in [6, 6.07) is 3.82. The SMILES string of the molecule is CC(C(=O)N1CCCCC1)n1c(N)nc2ccc(F)cc21. The van der Waals surface area contributed by atoms with Gasteiger partial charge < -0.3 is 10.6 Å². The van der Waals surface area contributed by atoms with Crippen molar-refractivity contribution in [3.8, 4) is 0 Å². The number of nitrogens with two attached hydrogens (primary N) is 1. The van der Waals surface area contributed by atoms with Crippen LogP contribution in [-0.2, 0) is 4.79 Å². The molecule has 6 heteroatoms. The van der Waals surface area contributed by atoms with Crippen molar-refractivity contribution in [3.63, 3.8) is 0 Å². The van der Waals surface area contributed by atoms with E-state index in [0.29, 0.717) is 11.0 Å². The molecule has 2 aromatic rings. The van der Waals surface area contributed by atoms with Crippen LogP contribution in [0.4, 0.5) is 10.3 Å². The average molecular weight is 290 g/mol. The lowest BCUT2D eigenvalue weighted by atomic mass is 10.1. The molecular weight excluding hydrogens is 271 g/mol. The van der Waals surface area contributed by atoms with E-state index in [4.69, 9.17) is 5.73 Å². The molecular formula is C15H19FN4O. The summed E-state index contributed by atoms with van der Waals surface area (Å²) in [6.45, 7) is 3.35. The molecule has 1 fully saturated rings. The lowest BCUT2D eigenvalue weighted by Gasteiger charge is -2.30. The summed E-state index contributed by atoms with van der Waals surface area (Å²) in [5.74, 6) is -0.0975. The van der Waals surface area contributed by atoms with E-state index in [9.17, 15) is 9.18 Å². The van der Waals surface area contributed by atoms with Crippen LogP contribution in [0.2, 0.25) is 0 Å². The third kappa shape index (κ3) is 2.46. The summed E-state index contributed by atoms with van der Waals surface area (Å²) in [5, 5.41) is 0. The number of amides is 1. The number of carbonyl (C=O) groups excluding carboxylic acids is 1. The van der Waals surface area contributed by atoms with E-state index in [1.807, 2.05) is 4.90 Å². The van der Waals surface area contributed by atoms with E-state index in [1.54, 1.807) is 17.6 Å². The number of imidazole rings is 1. The minimum Gasteiger partial charge on any atom is -0.369 e. The van der Waals surface area contributed by atoms with E-state index in [-0.39, 0.29) is 17.7 Å². The number of fused-ring (bicyclic) bond motifs is 1. The molecule has 5 nitrogen and oxygen atoms in total. The van der Waals surface area contributed by atoms with Gasteiger partial charge in [0.15, 0.2) is 0 Å². The molecule has 112 valence electrons. The quantitative estimate of drug-likeness (QED) is 0.923. The molecule has 1 amide bonds. The monoisotopic (exact) mass is 290 g/mol. The molecule has 0 spiro atoms. The van der Waals surface area contributed by atoms with Crippen molar-refractivity contribution in [1.29, 1.82) is 0 Å². The van der Waals surface area contributed by atoms with Crippen LogP contribution in [0.5, 0.6) is 0 Å². The van der Waals surface area contributed by atoms with Crippen molar-refractivity contribution in [2.45, 2.75) is 32.2 Å². The molecule has 2 heterocycles. The highest BCUT2D eigenvalue weighted by atomic mass is 19.1. The van der Waals surface area contributed by atoms with Gasteiger partial charge in [0, 0.05) is 13.1 Å². The number of piperidine rings is 1. The molecule has 1 aliphatic heterocycles. The van der Waals surface area contributed by atoms with Crippen LogP contribution in [0.25, 0.3) is 11.0 Å². The Kier molecular flexibility index (Phi) is 3.53. The molecule has 1 aromatic carbocycles. The number of halogens is 1. The molecule has 1 saturated heterocycles. The van der Waals surface area contributed by atoms with Crippen LogP contribution >= 0.6 is 0 Å². The maximum atomic E-state index is 13.5. The summed E-state index contributed by atoms with van der Waals surface area (Å²) >= 11 is 0. The summed E-state index contributed by atoms with van der Waals surface area (Å²) in [4.78, 5) is 18.7. The van der Waals surface area contributed by atoms with Crippen molar-refractivity contribution >= 4 is 22.9 Å². The normalized spacial score (nSPS) is 17.1. The molecule has 2 N–H and O–H groups in total. The Hall–Kier alpha value is -2.11. The maximum Gasteiger partial charge on any atom is 0.245 e. The van der Waals surface area contributed by atoms with E-state index in [0.717, 1.165) is 25.9 Å². The fourth-order valence-corrected chi connectivity index (χ4v) is 2.98. The zero-order valence-corrected chi connectivity index (χ0v) is 12.1. The third-order valence-electron chi connectivity index (χ3n) is 4.09. The molecule has 0 radical (unpaired) electrons. The van der Waals surface area contributed by atoms with Gasteiger partial charge >= 0.3 is 0 Å². The first kappa shape index (κ1) is 13.9. The van der Waals surface area contributed by atoms with Crippen LogP contribution in [0.1, 0.15) is 32.2 Å². The number of hydrogen-bond acceptors (Lipinski definition) is 3. The fourth-order valence-electron chi connectivity index (χ4n) is 2.98. The van der Waals surface area contributed by atoms with Crippen molar-refractivity contribution in [2.75, 3.05) is 18.8 Å². The zero-order valence-electron chi connectivity index (χ0n) is 12.1. The molecule has 0 bridgehead atoms. The standard InChI is InChI=1S/C15H19FN4O/c1-10(14(21)19-7-3-2-4-8-19)20-13-9-11(16)5-6-12(13)18-15(20)17/h5-6,9-10H,2-4,7-8H2,1H3,(H2,17,18). The van der Waals surface area contributed by atoms with Gasteiger partial charge in [-0.05, 0) is 44.4 Å². The minimum atomic E-state index is -0.477. The van der Waals surface area contributed by atoms with E-state index in [2.05, 4.69) is 4.98 Å². The van der Waals surface area contributed by atoms with Crippen LogP contribution in [0.15, 0.2) is 18.2 Å². The molecule has 3 rings (SSSR count). The highest BCUT2D eigenvalue weighted by Crippen LogP contribution is 2.25. The number of hydrogen-bond donors (Lipinski definition) is 1. The van der Waals surface area contributed by atoms with Crippen LogP contribution in [0.3, 0.4) is 0 Å². The lowest BCUT2D eigenvalue weighted by Crippen LogP contribution is -2.39. The van der Waals surface area contributed by atoms with Crippen molar-refractivity contribution < 1.29 is 9.18 Å². The van der Waals surface area contributed by atoms with E-state index < -0.39 is 6.04 Å². The maximum absolute atomic E-state index is 13.5. The molecule has 1 aromatic heterocycles. The first-order valence-electron chi connectivity index (χ1n) is 7.29. The second-order valence-electron chi connectivity index (χ2n) is 5.53. The van der Waals surface area contributed by atoms with Gasteiger partial charge in [0.1, 0.15) is 11.9 Å². The second-order valence-corrected chi connectivity index (χ2v) is 5.53. The predicted octanol–water partition coefficient (Wildman–Crippen LogP) is 2.33. The molecule has 0 saturated carbocycles. The van der Waals surface area contributed by atoms with Crippen LogP contribution < -0.4 is 5.73 Å². The topological polar surface area (TPSA) is 64.2 Å². The number of anilines is 1. The predicted molar refractivity (Wildman–Crippen MR) is 79.2 cm³/mol. The molecule has 0 aliphatic carbocycles. The van der Waals surface area contributed by atoms with Crippen molar-refractivity contribution in [3.05, 3.63) is 24.0 Å². The Morgan fingerprint density at radius 1 is 1.33 bits per heavy atom. The van der Waals surface area contributed by atoms with Crippen molar-refractivity contribution in [2.24, 2.45) is 0 Å². The molecule has 1 atom stereocenters. The average Bonchev–Trinajstić information content (AvgIpc) is 2.82. The van der Waals surface area contributed by atoms with Crippen LogP contribution in [0, 0.1) is 5.82 Å². The Bertz CT molecular complexity index is 676. The van der Waals surface area contributed by atoms with Gasteiger partial charge in [0.05, 0.1) is 11.0 Å². The largest absolute Gasteiger partial charge is 0.369 e. The van der Waals surface area contributed by atoms with Gasteiger partial charge in [-0.3, -0.25) is 9.36 Å². The zero-order chi connectivity index (χ0) is 15.0. The van der Waals surface area contributed by atoms with Crippen molar-refractivity contribution in [1.82, 2.24) is 14.5 Å². The van der Waals surface area contributed by atoms with Gasteiger partial charge in [-0.25, -0.2) is 9.37 Å². The van der Waals surface area contributed by atoms with E-state index >= 15 is 0 Å². The third-order valence-corrected chi connectivity index (χ3v) is 4.09. The highest BCUT2D eigenvalue weighted by molar-refractivity contribution is 5.85. The number of nitrogen functional groups attached to an aromatic ring is 1. The Morgan fingerprint density at radius 2 is 2.05 bits per heavy atom. The molecule has 21 heavy (non-hydrogen) atoms. The molecule has 1 unspecified atom stereocenters. The number of likely N-dealkylation sites (tertiary alicyclic amines) is 1. The first-order chi connectivity index (χ1) is 10.1. The Labute approximate surface area is 122 Å². The number of carbonyl (C=O) groups is 1. The van der Waals surface area contributed by atoms with Gasteiger partial charge in [-0.15, -0.1) is 0 Å². The summed E-state index contributed by atoms with van der Waals surface area (Å²) < 4.78 is 15.1. The summed E-state index contributed by atoms with van der Waals surface area (Å²) in [7, 11) is 0. The fraction of sp³-hybridized carbons (Fsp3) is 0.467. The van der Waals surface area contributed by atoms with E-state index in [1.165, 1.54) is 18.6 Å². The Morgan fingerprint density at radius 3 is 2.76 bits per heavy atom. The molecule has 1 aliphatic rings. The van der Waals surface area contributed by atoms with Gasteiger partial charge in [-0.1, -0.05) is 0 Å². The van der Waals surface area contributed by atoms with Gasteiger partial charge in [0.25, 0.3) is 0 Å². The number of aromatic nitrogens is 2. The highest BCUT2D eigenvalue weighted by Gasteiger charge is 2.26. The van der Waals surface area contributed by atoms with Gasteiger partial charge in [-0.2, -0.15) is 0 Å². The number of rotatable bonds is 2. The van der Waals surface area contributed by atoms with Crippen LogP contribution in [-0.4, -0.2) is 33.4 Å². The van der Waals surface area contributed by atoms with Gasteiger partial charge in [0.2, 0.25) is 11.9 Å². The lowest BCUT2D eigenvalue weighted by molar-refractivity contribution is -0.135. The summed E-state index contributed by atoms with van der Waals surface area (Å²) in [6.07, 6.45) is 3.24. The second kappa shape index (κ2) is 5.35. The Balaban J connectivity index is 1.96. The first-order valence-corrected chi connectivity index (χ1v) is 7.29. The number of nitrogens with zero attached hydrogens (tertiary/aromatic N) is 3. The summed E-state index contributed by atoms with van der Waals surface area (Å²) in [5.41, 5.74) is 7.09.